The summed E-state index contributed by atoms with van der Waals surface area (Å²) < 4.78 is 5.76. The van der Waals surface area contributed by atoms with E-state index in [-0.39, 0.29) is 18.3 Å². The zero-order chi connectivity index (χ0) is 19.2. The summed E-state index contributed by atoms with van der Waals surface area (Å²) in [5.41, 5.74) is 1.44. The van der Waals surface area contributed by atoms with E-state index in [0.29, 0.717) is 17.5 Å². The number of hydrogen-bond donors (Lipinski definition) is 3. The normalized spacial score (nSPS) is 13.1. The first-order chi connectivity index (χ1) is 13.1. The average Bonchev–Trinajstić information content (AvgIpc) is 2.68. The Bertz CT molecular complexity index is 911. The number of hydrogen-bond acceptors (Lipinski definition) is 4. The molecular formula is C22H23NO4. The summed E-state index contributed by atoms with van der Waals surface area (Å²) in [4.78, 5) is 12.5. The van der Waals surface area contributed by atoms with E-state index < -0.39 is 12.2 Å². The molecule has 0 aliphatic carbocycles. The quantitative estimate of drug-likeness (QED) is 0.583. The third kappa shape index (κ3) is 4.38. The predicted molar refractivity (Wildman–Crippen MR) is 106 cm³/mol. The molecular weight excluding hydrogens is 342 g/mol. The number of anilines is 1. The zero-order valence-corrected chi connectivity index (χ0v) is 15.1. The van der Waals surface area contributed by atoms with E-state index in [1.165, 1.54) is 0 Å². The Morgan fingerprint density at radius 3 is 2.37 bits per heavy atom. The Balaban J connectivity index is 1.92. The second-order valence-electron chi connectivity index (χ2n) is 6.53. The van der Waals surface area contributed by atoms with E-state index in [1.807, 2.05) is 49.4 Å². The van der Waals surface area contributed by atoms with Gasteiger partial charge in [-0.15, -0.1) is 0 Å². The minimum Gasteiger partial charge on any atom is -0.507 e. The highest BCUT2D eigenvalue weighted by Crippen LogP contribution is 2.36. The van der Waals surface area contributed by atoms with Gasteiger partial charge in [0.05, 0.1) is 0 Å². The van der Waals surface area contributed by atoms with Gasteiger partial charge in [-0.05, 0) is 35.9 Å². The molecule has 0 saturated carbocycles. The van der Waals surface area contributed by atoms with E-state index in [0.717, 1.165) is 10.9 Å². The largest absolute Gasteiger partial charge is 0.507 e. The number of aliphatic hydroxyl groups excluding tert-OH is 1. The number of carbonyl (C=O) groups is 1. The highest BCUT2D eigenvalue weighted by atomic mass is 16.6. The highest BCUT2D eigenvalue weighted by Gasteiger charge is 2.25. The summed E-state index contributed by atoms with van der Waals surface area (Å²) in [6.07, 6.45) is -0.641. The number of aromatic hydroxyl groups is 1. The molecule has 0 saturated heterocycles. The van der Waals surface area contributed by atoms with Crippen molar-refractivity contribution in [2.45, 2.75) is 19.4 Å². The molecule has 27 heavy (non-hydrogen) atoms. The molecule has 0 unspecified atom stereocenters. The van der Waals surface area contributed by atoms with Crippen LogP contribution in [0.25, 0.3) is 10.8 Å². The third-order valence-electron chi connectivity index (χ3n) is 4.60. The molecule has 3 aromatic rings. The fourth-order valence-electron chi connectivity index (χ4n) is 3.18. The first-order valence-corrected chi connectivity index (χ1v) is 8.94. The molecule has 3 rings (SSSR count). The van der Waals surface area contributed by atoms with Crippen molar-refractivity contribution >= 4 is 22.6 Å². The number of para-hydroxylation sites is 1. The van der Waals surface area contributed by atoms with Gasteiger partial charge in [-0.2, -0.15) is 0 Å². The van der Waals surface area contributed by atoms with Crippen LogP contribution in [0.2, 0.25) is 0 Å². The topological polar surface area (TPSA) is 78.8 Å². The summed E-state index contributed by atoms with van der Waals surface area (Å²) in [6.45, 7) is 1.93. The molecule has 0 heterocycles. The van der Waals surface area contributed by atoms with Crippen LogP contribution >= 0.6 is 0 Å². The Morgan fingerprint density at radius 1 is 1.00 bits per heavy atom. The van der Waals surface area contributed by atoms with Crippen LogP contribution in [-0.4, -0.2) is 22.9 Å². The first-order valence-electron chi connectivity index (χ1n) is 8.94. The van der Waals surface area contributed by atoms with E-state index in [4.69, 9.17) is 4.74 Å². The van der Waals surface area contributed by atoms with Crippen LogP contribution in [0.3, 0.4) is 0 Å². The molecule has 5 heteroatoms. The molecule has 0 fully saturated rings. The lowest BCUT2D eigenvalue weighted by Crippen LogP contribution is -2.22. The first kappa shape index (κ1) is 18.7. The molecule has 3 N–H and O–H groups in total. The molecule has 140 valence electrons. The fourth-order valence-corrected chi connectivity index (χ4v) is 3.18. The van der Waals surface area contributed by atoms with Crippen LogP contribution in [0.15, 0.2) is 66.7 Å². The molecule has 0 radical (unpaired) electrons. The molecule has 0 aliphatic heterocycles. The maximum absolute atomic E-state index is 12.5. The summed E-state index contributed by atoms with van der Waals surface area (Å²) in [5, 5.41) is 23.7. The van der Waals surface area contributed by atoms with Gasteiger partial charge in [0.2, 0.25) is 0 Å². The van der Waals surface area contributed by atoms with Crippen LogP contribution < -0.4 is 5.32 Å². The van der Waals surface area contributed by atoms with Crippen LogP contribution in [-0.2, 0) is 4.74 Å². The number of amides is 1. The predicted octanol–water partition coefficient (Wildman–Crippen LogP) is 4.85. The second-order valence-corrected chi connectivity index (χ2v) is 6.53. The van der Waals surface area contributed by atoms with Gasteiger partial charge in [0.1, 0.15) is 11.9 Å². The van der Waals surface area contributed by atoms with Gasteiger partial charge in [0.15, 0.2) is 0 Å². The standard InChI is InChI=1S/C22H23NO4/c1-15(13-14-24)21(27-22(26)23-16-7-3-2-4-8-16)19-11-12-20(25)18-10-6-5-9-17(18)19/h2-12,15,21,24-25H,13-14H2,1H3,(H,23,26)/t15-,21+/m1/s1. The lowest BCUT2D eigenvalue weighted by atomic mass is 9.91. The number of benzene rings is 3. The fraction of sp³-hybridized carbons (Fsp3) is 0.227. The minimum absolute atomic E-state index is 0.00263. The lowest BCUT2D eigenvalue weighted by Gasteiger charge is -2.25. The maximum Gasteiger partial charge on any atom is 0.412 e. The van der Waals surface area contributed by atoms with E-state index >= 15 is 0 Å². The Labute approximate surface area is 158 Å². The van der Waals surface area contributed by atoms with Gasteiger partial charge in [0, 0.05) is 23.2 Å². The molecule has 0 aliphatic rings. The zero-order valence-electron chi connectivity index (χ0n) is 15.1. The van der Waals surface area contributed by atoms with Crippen molar-refractivity contribution in [1.82, 2.24) is 0 Å². The Hall–Kier alpha value is -3.05. The number of phenols is 1. The van der Waals surface area contributed by atoms with E-state index in [1.54, 1.807) is 24.3 Å². The molecule has 0 aromatic heterocycles. The average molecular weight is 365 g/mol. The number of ether oxygens (including phenoxy) is 1. The van der Waals surface area contributed by atoms with Crippen molar-refractivity contribution in [3.63, 3.8) is 0 Å². The number of nitrogens with one attached hydrogen (secondary N) is 1. The van der Waals surface area contributed by atoms with Crippen LogP contribution in [0.1, 0.15) is 25.0 Å². The van der Waals surface area contributed by atoms with Gasteiger partial charge in [-0.25, -0.2) is 4.79 Å². The van der Waals surface area contributed by atoms with Crippen LogP contribution in [0, 0.1) is 5.92 Å². The molecule has 5 nitrogen and oxygen atoms in total. The SMILES string of the molecule is C[C@H](CCO)[C@H](OC(=O)Nc1ccccc1)c1ccc(O)c2ccccc12. The van der Waals surface area contributed by atoms with Crippen molar-refractivity contribution in [1.29, 1.82) is 0 Å². The Kier molecular flexibility index (Phi) is 5.94. The van der Waals surface area contributed by atoms with Crippen LogP contribution in [0.4, 0.5) is 10.5 Å². The van der Waals surface area contributed by atoms with Gasteiger partial charge in [-0.1, -0.05) is 55.5 Å². The number of aliphatic hydroxyl groups is 1. The van der Waals surface area contributed by atoms with Crippen LogP contribution in [0.5, 0.6) is 5.75 Å². The molecule has 3 aromatic carbocycles. The maximum atomic E-state index is 12.5. The van der Waals surface area contributed by atoms with Crippen molar-refractivity contribution in [2.24, 2.45) is 5.92 Å². The monoisotopic (exact) mass is 365 g/mol. The van der Waals surface area contributed by atoms with Crippen molar-refractivity contribution < 1.29 is 19.7 Å². The van der Waals surface area contributed by atoms with Crippen molar-refractivity contribution in [2.75, 3.05) is 11.9 Å². The van der Waals surface area contributed by atoms with E-state index in [9.17, 15) is 15.0 Å². The Morgan fingerprint density at radius 2 is 1.67 bits per heavy atom. The lowest BCUT2D eigenvalue weighted by molar-refractivity contribution is 0.0676. The van der Waals surface area contributed by atoms with Gasteiger partial charge < -0.3 is 14.9 Å². The summed E-state index contributed by atoms with van der Waals surface area (Å²) in [7, 11) is 0. The van der Waals surface area contributed by atoms with Gasteiger partial charge in [-0.3, -0.25) is 5.32 Å². The number of rotatable bonds is 6. The van der Waals surface area contributed by atoms with Crippen molar-refractivity contribution in [3.05, 3.63) is 72.3 Å². The number of fused-ring (bicyclic) bond motifs is 1. The smallest absolute Gasteiger partial charge is 0.412 e. The number of phenolic OH excluding ortho intramolecular Hbond substituents is 1. The van der Waals surface area contributed by atoms with E-state index in [2.05, 4.69) is 5.32 Å². The summed E-state index contributed by atoms with van der Waals surface area (Å²) >= 11 is 0. The highest BCUT2D eigenvalue weighted by molar-refractivity contribution is 5.91. The minimum atomic E-state index is -0.564. The molecule has 0 bridgehead atoms. The second kappa shape index (κ2) is 8.56. The number of carbonyl (C=O) groups excluding carboxylic acids is 1. The van der Waals surface area contributed by atoms with Crippen molar-refractivity contribution in [3.8, 4) is 5.75 Å². The molecule has 1 amide bonds. The molecule has 2 atom stereocenters. The molecule has 0 spiro atoms. The summed E-state index contributed by atoms with van der Waals surface area (Å²) in [6, 6.07) is 19.9. The van der Waals surface area contributed by atoms with Gasteiger partial charge >= 0.3 is 6.09 Å². The summed E-state index contributed by atoms with van der Waals surface area (Å²) in [5.74, 6) is 0.0705. The van der Waals surface area contributed by atoms with Gasteiger partial charge in [0.25, 0.3) is 0 Å². The third-order valence-corrected chi connectivity index (χ3v) is 4.60.